The van der Waals surface area contributed by atoms with Gasteiger partial charge in [-0.3, -0.25) is 4.79 Å². The van der Waals surface area contributed by atoms with Crippen LogP contribution in [0.1, 0.15) is 23.2 Å². The van der Waals surface area contributed by atoms with E-state index in [1.165, 1.54) is 24.3 Å². The summed E-state index contributed by atoms with van der Waals surface area (Å²) in [5.74, 6) is 0.333. The van der Waals surface area contributed by atoms with E-state index in [0.29, 0.717) is 18.0 Å². The fourth-order valence-electron chi connectivity index (χ4n) is 1.69. The molecule has 1 saturated carbocycles. The molecule has 1 fully saturated rings. The molecule has 1 aliphatic rings. The summed E-state index contributed by atoms with van der Waals surface area (Å²) >= 11 is 5.82. The van der Waals surface area contributed by atoms with Gasteiger partial charge in [-0.05, 0) is 37.1 Å². The van der Waals surface area contributed by atoms with Crippen molar-refractivity contribution in [3.63, 3.8) is 0 Å². The van der Waals surface area contributed by atoms with Crippen LogP contribution in [0.3, 0.4) is 0 Å². The van der Waals surface area contributed by atoms with Crippen LogP contribution in [0.4, 0.5) is 8.78 Å². The van der Waals surface area contributed by atoms with Gasteiger partial charge in [0.15, 0.2) is 0 Å². The summed E-state index contributed by atoms with van der Waals surface area (Å²) in [7, 11) is 0. The molecule has 3 nitrogen and oxygen atoms in total. The molecule has 1 aromatic carbocycles. The number of halogens is 3. The highest BCUT2D eigenvalue weighted by molar-refractivity contribution is 6.18. The van der Waals surface area contributed by atoms with Crippen LogP contribution in [0.2, 0.25) is 0 Å². The van der Waals surface area contributed by atoms with Crippen LogP contribution in [-0.2, 0) is 0 Å². The van der Waals surface area contributed by atoms with Crippen LogP contribution < -0.4 is 10.1 Å². The van der Waals surface area contributed by atoms with Gasteiger partial charge in [-0.15, -0.1) is 11.6 Å². The van der Waals surface area contributed by atoms with Crippen LogP contribution >= 0.6 is 11.6 Å². The number of ether oxygens (including phenoxy) is 1. The highest BCUT2D eigenvalue weighted by Crippen LogP contribution is 2.45. The van der Waals surface area contributed by atoms with E-state index in [1.54, 1.807) is 0 Å². The number of carbonyl (C=O) groups is 1. The molecule has 0 aromatic heterocycles. The topological polar surface area (TPSA) is 38.3 Å². The zero-order valence-corrected chi connectivity index (χ0v) is 10.9. The van der Waals surface area contributed by atoms with Crippen molar-refractivity contribution in [2.24, 2.45) is 5.41 Å². The molecule has 0 aliphatic heterocycles. The van der Waals surface area contributed by atoms with Crippen molar-refractivity contribution in [2.45, 2.75) is 19.5 Å². The molecule has 104 valence electrons. The highest BCUT2D eigenvalue weighted by Gasteiger charge is 2.41. The third kappa shape index (κ3) is 3.80. The van der Waals surface area contributed by atoms with Crippen LogP contribution in [0, 0.1) is 5.41 Å². The lowest BCUT2D eigenvalue weighted by molar-refractivity contribution is -0.0498. The predicted octanol–water partition coefficient (Wildman–Crippen LogP) is 3.04. The normalized spacial score (nSPS) is 16.2. The molecule has 0 spiro atoms. The summed E-state index contributed by atoms with van der Waals surface area (Å²) in [4.78, 5) is 11.8. The second-order valence-electron chi connectivity index (χ2n) is 4.72. The van der Waals surface area contributed by atoms with Crippen molar-refractivity contribution in [1.82, 2.24) is 5.32 Å². The van der Waals surface area contributed by atoms with Crippen molar-refractivity contribution in [2.75, 3.05) is 12.4 Å². The van der Waals surface area contributed by atoms with Crippen LogP contribution in [0.15, 0.2) is 24.3 Å². The smallest absolute Gasteiger partial charge is 0.387 e. The van der Waals surface area contributed by atoms with Crippen molar-refractivity contribution in [1.29, 1.82) is 0 Å². The minimum Gasteiger partial charge on any atom is -0.435 e. The molecule has 1 aliphatic carbocycles. The molecular formula is C13H14ClF2NO2. The summed E-state index contributed by atoms with van der Waals surface area (Å²) in [6.07, 6.45) is 2.05. The Balaban J connectivity index is 1.88. The van der Waals surface area contributed by atoms with Gasteiger partial charge in [0, 0.05) is 23.4 Å². The first-order chi connectivity index (χ1) is 9.04. The monoisotopic (exact) mass is 289 g/mol. The quantitative estimate of drug-likeness (QED) is 0.818. The SMILES string of the molecule is O=C(NCC1(CCl)CC1)c1ccc(OC(F)F)cc1. The zero-order valence-electron chi connectivity index (χ0n) is 10.2. The molecule has 0 radical (unpaired) electrons. The number of hydrogen-bond donors (Lipinski definition) is 1. The van der Waals surface area contributed by atoms with E-state index >= 15 is 0 Å². The lowest BCUT2D eigenvalue weighted by Crippen LogP contribution is -2.30. The average molecular weight is 290 g/mol. The Morgan fingerprint density at radius 2 is 2.00 bits per heavy atom. The number of nitrogens with one attached hydrogen (secondary N) is 1. The van der Waals surface area contributed by atoms with E-state index in [9.17, 15) is 13.6 Å². The second-order valence-corrected chi connectivity index (χ2v) is 4.99. The van der Waals surface area contributed by atoms with E-state index < -0.39 is 6.61 Å². The second kappa shape index (κ2) is 5.74. The molecule has 0 unspecified atom stereocenters. The van der Waals surface area contributed by atoms with E-state index in [1.807, 2.05) is 0 Å². The first-order valence-corrected chi connectivity index (χ1v) is 6.47. The number of carbonyl (C=O) groups excluding carboxylic acids is 1. The zero-order chi connectivity index (χ0) is 13.9. The summed E-state index contributed by atoms with van der Waals surface area (Å²) in [6.45, 7) is -2.32. The molecule has 0 saturated heterocycles. The Hall–Kier alpha value is -1.36. The van der Waals surface area contributed by atoms with Crippen molar-refractivity contribution in [3.8, 4) is 5.75 Å². The Bertz CT molecular complexity index is 446. The Morgan fingerprint density at radius 1 is 1.37 bits per heavy atom. The van der Waals surface area contributed by atoms with Gasteiger partial charge in [0.05, 0.1) is 0 Å². The maximum atomic E-state index is 12.0. The first kappa shape index (κ1) is 14.1. The van der Waals surface area contributed by atoms with Crippen molar-refractivity contribution in [3.05, 3.63) is 29.8 Å². The first-order valence-electron chi connectivity index (χ1n) is 5.94. The number of rotatable bonds is 6. The Morgan fingerprint density at radius 3 is 2.47 bits per heavy atom. The number of amides is 1. The third-order valence-electron chi connectivity index (χ3n) is 3.21. The molecule has 0 heterocycles. The molecule has 1 N–H and O–H groups in total. The number of hydrogen-bond acceptors (Lipinski definition) is 2. The van der Waals surface area contributed by atoms with E-state index in [2.05, 4.69) is 10.1 Å². The number of alkyl halides is 3. The van der Waals surface area contributed by atoms with Gasteiger partial charge < -0.3 is 10.1 Å². The maximum Gasteiger partial charge on any atom is 0.387 e. The standard InChI is InChI=1S/C13H14ClF2NO2/c14-7-13(5-6-13)8-17-11(18)9-1-3-10(4-2-9)19-12(15)16/h1-4,12H,5-8H2,(H,17,18). The van der Waals surface area contributed by atoms with Crippen molar-refractivity contribution >= 4 is 17.5 Å². The van der Waals surface area contributed by atoms with Crippen molar-refractivity contribution < 1.29 is 18.3 Å². The van der Waals surface area contributed by atoms with Gasteiger partial charge in [0.2, 0.25) is 0 Å². The molecule has 0 atom stereocenters. The largest absolute Gasteiger partial charge is 0.435 e. The van der Waals surface area contributed by atoms with Gasteiger partial charge in [0.25, 0.3) is 5.91 Å². The van der Waals surface area contributed by atoms with Gasteiger partial charge in [-0.25, -0.2) is 0 Å². The summed E-state index contributed by atoms with van der Waals surface area (Å²) in [6, 6.07) is 5.59. The maximum absolute atomic E-state index is 12.0. The lowest BCUT2D eigenvalue weighted by Gasteiger charge is -2.12. The molecule has 1 aromatic rings. The van der Waals surface area contributed by atoms with Gasteiger partial charge in [-0.1, -0.05) is 0 Å². The molecule has 19 heavy (non-hydrogen) atoms. The summed E-state index contributed by atoms with van der Waals surface area (Å²) < 4.78 is 28.1. The fraction of sp³-hybridized carbons (Fsp3) is 0.462. The third-order valence-corrected chi connectivity index (χ3v) is 3.77. The van der Waals surface area contributed by atoms with Gasteiger partial charge in [0.1, 0.15) is 5.75 Å². The minimum atomic E-state index is -2.86. The van der Waals surface area contributed by atoms with Gasteiger partial charge in [-0.2, -0.15) is 8.78 Å². The lowest BCUT2D eigenvalue weighted by atomic mass is 10.1. The van der Waals surface area contributed by atoms with Crippen LogP contribution in [-0.4, -0.2) is 24.9 Å². The summed E-state index contributed by atoms with van der Waals surface area (Å²) in [5, 5.41) is 2.80. The average Bonchev–Trinajstić information content (AvgIpc) is 3.17. The summed E-state index contributed by atoms with van der Waals surface area (Å²) in [5.41, 5.74) is 0.461. The number of benzene rings is 1. The molecule has 6 heteroatoms. The highest BCUT2D eigenvalue weighted by atomic mass is 35.5. The minimum absolute atomic E-state index is 0.0333. The predicted molar refractivity (Wildman–Crippen MR) is 67.8 cm³/mol. The molecule has 1 amide bonds. The van der Waals surface area contributed by atoms with E-state index in [-0.39, 0.29) is 17.1 Å². The van der Waals surface area contributed by atoms with Crippen LogP contribution in [0.5, 0.6) is 5.75 Å². The van der Waals surface area contributed by atoms with E-state index in [4.69, 9.17) is 11.6 Å². The molecule has 0 bridgehead atoms. The Kier molecular flexibility index (Phi) is 4.24. The van der Waals surface area contributed by atoms with E-state index in [0.717, 1.165) is 12.8 Å². The molecular weight excluding hydrogens is 276 g/mol. The van der Waals surface area contributed by atoms with Crippen LogP contribution in [0.25, 0.3) is 0 Å². The fourth-order valence-corrected chi connectivity index (χ4v) is 2.05. The van der Waals surface area contributed by atoms with Gasteiger partial charge >= 0.3 is 6.61 Å². The molecule has 2 rings (SSSR count). The Labute approximate surface area is 114 Å².